The van der Waals surface area contributed by atoms with E-state index in [1.165, 1.54) is 32.6 Å². The second-order valence-corrected chi connectivity index (χ2v) is 9.95. The lowest BCUT2D eigenvalue weighted by molar-refractivity contribution is -0.119. The minimum atomic E-state index is -4.10. The molecule has 0 saturated carbocycles. The number of sulfonamides is 1. The Bertz CT molecular complexity index is 1550. The molecule has 0 spiro atoms. The summed E-state index contributed by atoms with van der Waals surface area (Å²) in [6.45, 7) is 1.36. The fourth-order valence-corrected chi connectivity index (χ4v) is 5.13. The van der Waals surface area contributed by atoms with Crippen LogP contribution in [-0.4, -0.2) is 46.3 Å². The van der Waals surface area contributed by atoms with Gasteiger partial charge in [-0.3, -0.25) is 14.1 Å². The number of ether oxygens (including phenoxy) is 2. The van der Waals surface area contributed by atoms with Gasteiger partial charge in [0.25, 0.3) is 15.9 Å². The Morgan fingerprint density at radius 3 is 2.46 bits per heavy atom. The Morgan fingerprint density at radius 2 is 1.73 bits per heavy atom. The molecule has 0 radical (unpaired) electrons. The van der Waals surface area contributed by atoms with E-state index in [-0.39, 0.29) is 10.6 Å². The van der Waals surface area contributed by atoms with E-state index < -0.39 is 22.5 Å². The van der Waals surface area contributed by atoms with Crippen LogP contribution in [0.3, 0.4) is 0 Å². The van der Waals surface area contributed by atoms with Crippen LogP contribution in [0, 0.1) is 6.92 Å². The number of para-hydroxylation sites is 1. The number of aryl methyl sites for hydroxylation is 1. The van der Waals surface area contributed by atoms with Gasteiger partial charge >= 0.3 is 0 Å². The van der Waals surface area contributed by atoms with Gasteiger partial charge < -0.3 is 9.47 Å². The number of hydrogen-bond acceptors (Lipinski definition) is 7. The minimum Gasteiger partial charge on any atom is -0.493 e. The summed E-state index contributed by atoms with van der Waals surface area (Å²) >= 11 is 0. The first kappa shape index (κ1) is 25.6. The molecular formula is C27H26N4O5S. The molecule has 0 aliphatic rings. The molecule has 0 unspecified atom stereocenters. The average Bonchev–Trinajstić information content (AvgIpc) is 2.91. The lowest BCUT2D eigenvalue weighted by Crippen LogP contribution is -2.39. The zero-order valence-electron chi connectivity index (χ0n) is 20.6. The number of fused-ring (bicyclic) bond motifs is 1. The Kier molecular flexibility index (Phi) is 7.69. The van der Waals surface area contributed by atoms with Gasteiger partial charge in [0.2, 0.25) is 0 Å². The van der Waals surface area contributed by atoms with Crippen molar-refractivity contribution in [2.75, 3.05) is 25.1 Å². The van der Waals surface area contributed by atoms with Gasteiger partial charge in [-0.25, -0.2) is 13.8 Å². The number of anilines is 1. The van der Waals surface area contributed by atoms with E-state index in [9.17, 15) is 13.2 Å². The highest BCUT2D eigenvalue weighted by Gasteiger charge is 2.28. The molecule has 9 nitrogen and oxygen atoms in total. The number of methoxy groups -OCH3 is 2. The molecule has 4 rings (SSSR count). The first-order valence-electron chi connectivity index (χ1n) is 11.3. The van der Waals surface area contributed by atoms with E-state index in [4.69, 9.17) is 9.47 Å². The molecule has 3 aromatic carbocycles. The third-order valence-corrected chi connectivity index (χ3v) is 7.36. The molecule has 0 aliphatic heterocycles. The van der Waals surface area contributed by atoms with E-state index in [0.717, 1.165) is 15.3 Å². The van der Waals surface area contributed by atoms with Crippen molar-refractivity contribution in [3.05, 3.63) is 90.1 Å². The fraction of sp³-hybridized carbons (Fsp3) is 0.148. The van der Waals surface area contributed by atoms with Crippen molar-refractivity contribution in [3.63, 3.8) is 0 Å². The van der Waals surface area contributed by atoms with Crippen molar-refractivity contribution < 1.29 is 22.7 Å². The van der Waals surface area contributed by atoms with Crippen LogP contribution in [0.15, 0.2) is 89.0 Å². The number of rotatable bonds is 9. The number of nitrogens with zero attached hydrogens (tertiary/aromatic N) is 3. The van der Waals surface area contributed by atoms with E-state index in [1.807, 2.05) is 19.1 Å². The number of carbonyl (C=O) groups is 1. The lowest BCUT2D eigenvalue weighted by Gasteiger charge is -2.24. The molecule has 0 atom stereocenters. The summed E-state index contributed by atoms with van der Waals surface area (Å²) < 4.78 is 38.9. The van der Waals surface area contributed by atoms with Crippen LogP contribution in [0.25, 0.3) is 10.9 Å². The summed E-state index contributed by atoms with van der Waals surface area (Å²) in [6, 6.07) is 20.4. The summed E-state index contributed by atoms with van der Waals surface area (Å²) in [4.78, 5) is 17.3. The zero-order chi connectivity index (χ0) is 26.4. The molecule has 0 aliphatic carbocycles. The van der Waals surface area contributed by atoms with Crippen molar-refractivity contribution in [2.45, 2.75) is 11.8 Å². The largest absolute Gasteiger partial charge is 0.493 e. The molecule has 4 aromatic rings. The van der Waals surface area contributed by atoms with Crippen molar-refractivity contribution in [3.8, 4) is 11.5 Å². The van der Waals surface area contributed by atoms with Crippen LogP contribution in [0.4, 0.5) is 5.69 Å². The maximum atomic E-state index is 13.7. The molecule has 0 bridgehead atoms. The Balaban J connectivity index is 1.63. The fourth-order valence-electron chi connectivity index (χ4n) is 3.70. The molecule has 1 amide bonds. The number of nitrogens with one attached hydrogen (secondary N) is 1. The van der Waals surface area contributed by atoms with Crippen molar-refractivity contribution in [1.82, 2.24) is 10.4 Å². The molecule has 0 fully saturated rings. The highest BCUT2D eigenvalue weighted by Crippen LogP contribution is 2.30. The number of hydrazone groups is 1. The van der Waals surface area contributed by atoms with E-state index >= 15 is 0 Å². The highest BCUT2D eigenvalue weighted by molar-refractivity contribution is 7.92. The number of aromatic nitrogens is 1. The number of carbonyl (C=O) groups excluding carboxylic acids is 1. The summed E-state index contributed by atoms with van der Waals surface area (Å²) in [5.74, 6) is 0.446. The van der Waals surface area contributed by atoms with Crippen LogP contribution < -0.4 is 19.2 Å². The van der Waals surface area contributed by atoms with Crippen LogP contribution >= 0.6 is 0 Å². The molecule has 1 N–H and O–H groups in total. The van der Waals surface area contributed by atoms with Crippen molar-refractivity contribution in [2.24, 2.45) is 5.10 Å². The minimum absolute atomic E-state index is 0.0627. The van der Waals surface area contributed by atoms with Gasteiger partial charge in [-0.1, -0.05) is 35.9 Å². The van der Waals surface area contributed by atoms with Gasteiger partial charge in [0.1, 0.15) is 6.54 Å². The Labute approximate surface area is 215 Å². The van der Waals surface area contributed by atoms with Crippen molar-refractivity contribution in [1.29, 1.82) is 0 Å². The first-order chi connectivity index (χ1) is 17.8. The smallest absolute Gasteiger partial charge is 0.264 e. The third kappa shape index (κ3) is 5.70. The van der Waals surface area contributed by atoms with Crippen LogP contribution in [-0.2, 0) is 14.8 Å². The maximum Gasteiger partial charge on any atom is 0.264 e. The van der Waals surface area contributed by atoms with Crippen molar-refractivity contribution >= 4 is 38.7 Å². The monoisotopic (exact) mass is 518 g/mol. The summed E-state index contributed by atoms with van der Waals surface area (Å²) in [7, 11) is -1.05. The second kappa shape index (κ2) is 11.1. The quantitative estimate of drug-likeness (QED) is 0.266. The van der Waals surface area contributed by atoms with Crippen LogP contribution in [0.5, 0.6) is 11.5 Å². The third-order valence-electron chi connectivity index (χ3n) is 5.59. The van der Waals surface area contributed by atoms with Crippen LogP contribution in [0.1, 0.15) is 11.1 Å². The van der Waals surface area contributed by atoms with E-state index in [0.29, 0.717) is 22.6 Å². The molecule has 0 saturated heterocycles. The van der Waals surface area contributed by atoms with E-state index in [2.05, 4.69) is 15.5 Å². The van der Waals surface area contributed by atoms with E-state index in [1.54, 1.807) is 54.7 Å². The first-order valence-corrected chi connectivity index (χ1v) is 12.7. The molecule has 190 valence electrons. The number of amides is 1. The van der Waals surface area contributed by atoms with Gasteiger partial charge in [-0.2, -0.15) is 5.10 Å². The summed E-state index contributed by atoms with van der Waals surface area (Å²) in [5, 5.41) is 4.74. The second-order valence-electron chi connectivity index (χ2n) is 8.08. The number of hydrogen-bond donors (Lipinski definition) is 1. The van der Waals surface area contributed by atoms with Gasteiger partial charge in [0, 0.05) is 11.6 Å². The predicted molar refractivity (Wildman–Crippen MR) is 143 cm³/mol. The zero-order valence-corrected chi connectivity index (χ0v) is 21.4. The molecule has 37 heavy (non-hydrogen) atoms. The summed E-state index contributed by atoms with van der Waals surface area (Å²) in [5.41, 5.74) is 4.73. The molecular weight excluding hydrogens is 492 g/mol. The normalized spacial score (nSPS) is 11.4. The van der Waals surface area contributed by atoms with Gasteiger partial charge in [0.15, 0.2) is 11.5 Å². The highest BCUT2D eigenvalue weighted by atomic mass is 32.2. The lowest BCUT2D eigenvalue weighted by atomic mass is 10.2. The van der Waals surface area contributed by atoms with Gasteiger partial charge in [-0.05, 0) is 55.0 Å². The SMILES string of the molecule is COc1ccc(/C=N/NC(=O)CN(c2cccc3cccnc23)S(=O)(=O)c2ccc(C)cc2)cc1OC. The Hall–Kier alpha value is -4.44. The molecule has 1 heterocycles. The van der Waals surface area contributed by atoms with Gasteiger partial charge in [-0.15, -0.1) is 0 Å². The number of benzene rings is 3. The number of pyridine rings is 1. The molecule has 10 heteroatoms. The maximum absolute atomic E-state index is 13.7. The van der Waals surface area contributed by atoms with Gasteiger partial charge in [0.05, 0.1) is 36.5 Å². The topological polar surface area (TPSA) is 110 Å². The predicted octanol–water partition coefficient (Wildman–Crippen LogP) is 3.91. The molecule has 1 aromatic heterocycles. The standard InChI is InChI=1S/C27H26N4O5S/c1-19-9-12-22(13-10-19)37(33,34)31(23-8-4-6-21-7-5-15-28-27(21)23)18-26(32)30-29-17-20-11-14-24(35-2)25(16-20)36-3/h4-17H,18H2,1-3H3,(H,30,32)/b29-17+. The average molecular weight is 519 g/mol. The summed E-state index contributed by atoms with van der Waals surface area (Å²) in [6.07, 6.45) is 3.01. The van der Waals surface area contributed by atoms with Crippen LogP contribution in [0.2, 0.25) is 0 Å². The Morgan fingerprint density at radius 1 is 1.00 bits per heavy atom.